The SMILES string of the molecule is CCN(CC)C(=O)CN(C)C(=O)c1ccccc1NC(=O)c1ccccc1. The molecule has 0 saturated heterocycles. The average Bonchev–Trinajstić information content (AvgIpc) is 2.69. The second kappa shape index (κ2) is 9.52. The van der Waals surface area contributed by atoms with Crippen molar-refractivity contribution in [3.8, 4) is 0 Å². The monoisotopic (exact) mass is 367 g/mol. The minimum atomic E-state index is -0.320. The third-order valence-electron chi connectivity index (χ3n) is 4.28. The summed E-state index contributed by atoms with van der Waals surface area (Å²) < 4.78 is 0. The lowest BCUT2D eigenvalue weighted by molar-refractivity contribution is -0.131. The van der Waals surface area contributed by atoms with Crippen LogP contribution in [0, 0.1) is 0 Å². The molecule has 2 aromatic rings. The van der Waals surface area contributed by atoms with Gasteiger partial charge in [-0.05, 0) is 38.1 Å². The van der Waals surface area contributed by atoms with Crippen LogP contribution in [0.15, 0.2) is 54.6 Å². The fraction of sp³-hybridized carbons (Fsp3) is 0.286. The van der Waals surface area contributed by atoms with Crippen molar-refractivity contribution in [1.29, 1.82) is 0 Å². The molecule has 0 bridgehead atoms. The Kier molecular flexibility index (Phi) is 7.11. The molecule has 0 unspecified atom stereocenters. The van der Waals surface area contributed by atoms with Gasteiger partial charge < -0.3 is 15.1 Å². The van der Waals surface area contributed by atoms with Crippen LogP contribution < -0.4 is 5.32 Å². The predicted molar refractivity (Wildman–Crippen MR) is 106 cm³/mol. The normalized spacial score (nSPS) is 10.2. The number of nitrogens with one attached hydrogen (secondary N) is 1. The van der Waals surface area contributed by atoms with E-state index in [-0.39, 0.29) is 24.3 Å². The first kappa shape index (κ1) is 20.2. The first-order valence-corrected chi connectivity index (χ1v) is 8.96. The molecule has 2 rings (SSSR count). The van der Waals surface area contributed by atoms with E-state index in [1.54, 1.807) is 60.5 Å². The Bertz CT molecular complexity index is 801. The minimum Gasteiger partial charge on any atom is -0.342 e. The molecule has 0 heterocycles. The summed E-state index contributed by atoms with van der Waals surface area (Å²) in [6.45, 7) is 4.99. The Morgan fingerprint density at radius 2 is 1.48 bits per heavy atom. The molecule has 3 amide bonds. The molecular formula is C21H25N3O3. The third kappa shape index (κ3) is 5.17. The summed E-state index contributed by atoms with van der Waals surface area (Å²) in [6.07, 6.45) is 0. The molecule has 6 heteroatoms. The lowest BCUT2D eigenvalue weighted by Gasteiger charge is -2.24. The van der Waals surface area contributed by atoms with Crippen LogP contribution in [0.4, 0.5) is 5.69 Å². The van der Waals surface area contributed by atoms with Crippen LogP contribution in [-0.2, 0) is 4.79 Å². The van der Waals surface area contributed by atoms with Crippen LogP contribution in [-0.4, -0.2) is 54.2 Å². The zero-order valence-corrected chi connectivity index (χ0v) is 15.9. The van der Waals surface area contributed by atoms with Gasteiger partial charge >= 0.3 is 0 Å². The van der Waals surface area contributed by atoms with Crippen molar-refractivity contribution in [2.24, 2.45) is 0 Å². The number of hydrogen-bond donors (Lipinski definition) is 1. The van der Waals surface area contributed by atoms with Crippen LogP contribution in [0.1, 0.15) is 34.6 Å². The van der Waals surface area contributed by atoms with Gasteiger partial charge in [0, 0.05) is 25.7 Å². The van der Waals surface area contributed by atoms with Gasteiger partial charge in [0.2, 0.25) is 5.91 Å². The van der Waals surface area contributed by atoms with E-state index < -0.39 is 0 Å². The minimum absolute atomic E-state index is 0.0124. The fourth-order valence-corrected chi connectivity index (χ4v) is 2.72. The fourth-order valence-electron chi connectivity index (χ4n) is 2.72. The Labute approximate surface area is 159 Å². The highest BCUT2D eigenvalue weighted by Gasteiger charge is 2.20. The number of para-hydroxylation sites is 1. The van der Waals surface area contributed by atoms with Gasteiger partial charge in [-0.25, -0.2) is 0 Å². The van der Waals surface area contributed by atoms with Gasteiger partial charge in [-0.1, -0.05) is 30.3 Å². The first-order valence-electron chi connectivity index (χ1n) is 8.96. The van der Waals surface area contributed by atoms with Gasteiger partial charge in [0.05, 0.1) is 17.8 Å². The number of amides is 3. The smallest absolute Gasteiger partial charge is 0.256 e. The van der Waals surface area contributed by atoms with Gasteiger partial charge in [-0.3, -0.25) is 14.4 Å². The number of likely N-dealkylation sites (N-methyl/N-ethyl adjacent to an activating group) is 2. The summed E-state index contributed by atoms with van der Waals surface area (Å²) in [7, 11) is 1.58. The van der Waals surface area contributed by atoms with Gasteiger partial charge in [0.25, 0.3) is 11.8 Å². The summed E-state index contributed by atoms with van der Waals surface area (Å²) in [4.78, 5) is 40.5. The Hall–Kier alpha value is -3.15. The summed E-state index contributed by atoms with van der Waals surface area (Å²) in [5, 5.41) is 2.78. The second-order valence-corrected chi connectivity index (χ2v) is 6.09. The highest BCUT2D eigenvalue weighted by Crippen LogP contribution is 2.18. The maximum atomic E-state index is 12.8. The van der Waals surface area contributed by atoms with E-state index in [2.05, 4.69) is 5.32 Å². The maximum Gasteiger partial charge on any atom is 0.256 e. The second-order valence-electron chi connectivity index (χ2n) is 6.09. The standard InChI is InChI=1S/C21H25N3O3/c1-4-24(5-2)19(25)15-23(3)21(27)17-13-9-10-14-18(17)22-20(26)16-11-7-6-8-12-16/h6-14H,4-5,15H2,1-3H3,(H,22,26). The lowest BCUT2D eigenvalue weighted by atomic mass is 10.1. The Morgan fingerprint density at radius 1 is 0.889 bits per heavy atom. The molecule has 0 fully saturated rings. The van der Waals surface area contributed by atoms with E-state index in [1.165, 1.54) is 4.90 Å². The Balaban J connectivity index is 2.15. The predicted octanol–water partition coefficient (Wildman–Crippen LogP) is 2.88. The summed E-state index contributed by atoms with van der Waals surface area (Å²) in [5.41, 5.74) is 1.26. The molecule has 0 spiro atoms. The van der Waals surface area contributed by atoms with E-state index in [1.807, 2.05) is 19.9 Å². The van der Waals surface area contributed by atoms with Crippen LogP contribution in [0.25, 0.3) is 0 Å². The molecule has 0 radical (unpaired) electrons. The van der Waals surface area contributed by atoms with Crippen LogP contribution in [0.5, 0.6) is 0 Å². The zero-order valence-electron chi connectivity index (χ0n) is 15.9. The number of nitrogens with zero attached hydrogens (tertiary/aromatic N) is 2. The van der Waals surface area contributed by atoms with Crippen LogP contribution in [0.3, 0.4) is 0 Å². The average molecular weight is 367 g/mol. The number of carbonyl (C=O) groups is 3. The third-order valence-corrected chi connectivity index (χ3v) is 4.28. The molecule has 0 saturated carbocycles. The van der Waals surface area contributed by atoms with Crippen LogP contribution >= 0.6 is 0 Å². The molecular weight excluding hydrogens is 342 g/mol. The van der Waals surface area contributed by atoms with Gasteiger partial charge in [-0.15, -0.1) is 0 Å². The molecule has 6 nitrogen and oxygen atoms in total. The van der Waals surface area contributed by atoms with E-state index >= 15 is 0 Å². The van der Waals surface area contributed by atoms with Gasteiger partial charge in [0.1, 0.15) is 0 Å². The number of hydrogen-bond acceptors (Lipinski definition) is 3. The molecule has 0 aliphatic carbocycles. The van der Waals surface area contributed by atoms with Crippen molar-refractivity contribution in [2.45, 2.75) is 13.8 Å². The number of carbonyl (C=O) groups excluding carboxylic acids is 3. The summed E-state index contributed by atoms with van der Waals surface area (Å²) >= 11 is 0. The van der Waals surface area contributed by atoms with Gasteiger partial charge in [-0.2, -0.15) is 0 Å². The van der Waals surface area contributed by atoms with E-state index in [0.29, 0.717) is 29.9 Å². The maximum absolute atomic E-state index is 12.8. The van der Waals surface area contributed by atoms with Crippen molar-refractivity contribution in [3.05, 3.63) is 65.7 Å². The largest absolute Gasteiger partial charge is 0.342 e. The van der Waals surface area contributed by atoms with E-state index in [0.717, 1.165) is 0 Å². The Morgan fingerprint density at radius 3 is 2.11 bits per heavy atom. The van der Waals surface area contributed by atoms with Crippen LogP contribution in [0.2, 0.25) is 0 Å². The summed E-state index contributed by atoms with van der Waals surface area (Å²) in [6, 6.07) is 15.6. The quantitative estimate of drug-likeness (QED) is 0.818. The number of rotatable bonds is 7. The molecule has 0 aromatic heterocycles. The molecule has 0 aliphatic heterocycles. The van der Waals surface area contributed by atoms with E-state index in [9.17, 15) is 14.4 Å². The van der Waals surface area contributed by atoms with Crippen molar-refractivity contribution < 1.29 is 14.4 Å². The molecule has 2 aromatic carbocycles. The highest BCUT2D eigenvalue weighted by atomic mass is 16.2. The molecule has 1 N–H and O–H groups in total. The first-order chi connectivity index (χ1) is 13.0. The molecule has 27 heavy (non-hydrogen) atoms. The molecule has 0 aliphatic rings. The number of anilines is 1. The van der Waals surface area contributed by atoms with Gasteiger partial charge in [0.15, 0.2) is 0 Å². The molecule has 0 atom stereocenters. The van der Waals surface area contributed by atoms with E-state index in [4.69, 9.17) is 0 Å². The number of benzene rings is 2. The van der Waals surface area contributed by atoms with Crippen molar-refractivity contribution in [3.63, 3.8) is 0 Å². The van der Waals surface area contributed by atoms with Crippen molar-refractivity contribution >= 4 is 23.4 Å². The summed E-state index contributed by atoms with van der Waals surface area (Å²) in [5.74, 6) is -0.723. The molecule has 142 valence electrons. The zero-order chi connectivity index (χ0) is 19.8. The van der Waals surface area contributed by atoms with Crippen molar-refractivity contribution in [2.75, 3.05) is 32.0 Å². The lowest BCUT2D eigenvalue weighted by Crippen LogP contribution is -2.41. The topological polar surface area (TPSA) is 69.7 Å². The van der Waals surface area contributed by atoms with Crippen molar-refractivity contribution in [1.82, 2.24) is 9.80 Å². The highest BCUT2D eigenvalue weighted by molar-refractivity contribution is 6.09.